The van der Waals surface area contributed by atoms with Gasteiger partial charge in [-0.05, 0) is 29.3 Å². The molecule has 1 amide bonds. The normalized spacial score (nSPS) is 16.4. The Morgan fingerprint density at radius 2 is 1.83 bits per heavy atom. The standard InChI is InChI=1S/C18H19NO4/c1-22-15-8-7-12(11-16(15)23-2)17-13-5-3-4-6-14(13)18(21)19(17)9-10-20/h3-8,11,17,20H,9-10H2,1-2H3. The Balaban J connectivity index is 2.10. The first-order valence-electron chi connectivity index (χ1n) is 7.44. The molecule has 23 heavy (non-hydrogen) atoms. The highest BCUT2D eigenvalue weighted by Crippen LogP contribution is 2.40. The number of β-amino-alcohol motifs (C(OH)–C–C–N with tert-alkyl or cyclic N) is 1. The molecule has 0 fully saturated rings. The van der Waals surface area contributed by atoms with Crippen LogP contribution in [0.4, 0.5) is 0 Å². The van der Waals surface area contributed by atoms with Gasteiger partial charge in [0.2, 0.25) is 0 Å². The van der Waals surface area contributed by atoms with Crippen molar-refractivity contribution >= 4 is 5.91 Å². The third-order valence-electron chi connectivity index (χ3n) is 4.12. The van der Waals surface area contributed by atoms with Crippen molar-refractivity contribution in [2.75, 3.05) is 27.4 Å². The minimum atomic E-state index is -0.231. The van der Waals surface area contributed by atoms with Gasteiger partial charge in [-0.2, -0.15) is 0 Å². The minimum absolute atomic E-state index is 0.0607. The number of carbonyl (C=O) groups is 1. The Morgan fingerprint density at radius 1 is 1.09 bits per heavy atom. The Kier molecular flexibility index (Phi) is 4.21. The van der Waals surface area contributed by atoms with E-state index < -0.39 is 0 Å². The van der Waals surface area contributed by atoms with Crippen LogP contribution >= 0.6 is 0 Å². The van der Waals surface area contributed by atoms with Gasteiger partial charge in [0.05, 0.1) is 26.9 Å². The molecule has 1 aliphatic rings. The molecule has 0 spiro atoms. The van der Waals surface area contributed by atoms with Gasteiger partial charge in [0.15, 0.2) is 11.5 Å². The zero-order valence-electron chi connectivity index (χ0n) is 13.2. The summed E-state index contributed by atoms with van der Waals surface area (Å²) in [6.45, 7) is 0.204. The molecule has 1 aliphatic heterocycles. The van der Waals surface area contributed by atoms with Gasteiger partial charge in [-0.25, -0.2) is 0 Å². The van der Waals surface area contributed by atoms with Gasteiger partial charge >= 0.3 is 0 Å². The molecule has 5 heteroatoms. The van der Waals surface area contributed by atoms with Crippen molar-refractivity contribution in [3.63, 3.8) is 0 Å². The number of benzene rings is 2. The number of methoxy groups -OCH3 is 2. The fraction of sp³-hybridized carbons (Fsp3) is 0.278. The molecule has 0 aliphatic carbocycles. The average molecular weight is 313 g/mol. The second-order valence-corrected chi connectivity index (χ2v) is 5.33. The molecule has 0 radical (unpaired) electrons. The second-order valence-electron chi connectivity index (χ2n) is 5.33. The van der Waals surface area contributed by atoms with Crippen molar-refractivity contribution in [2.24, 2.45) is 0 Å². The summed E-state index contributed by atoms with van der Waals surface area (Å²) < 4.78 is 10.6. The third-order valence-corrected chi connectivity index (χ3v) is 4.12. The molecular weight excluding hydrogens is 294 g/mol. The predicted octanol–water partition coefficient (Wildman–Crippen LogP) is 2.24. The van der Waals surface area contributed by atoms with E-state index in [1.165, 1.54) is 0 Å². The topological polar surface area (TPSA) is 59.0 Å². The lowest BCUT2D eigenvalue weighted by Gasteiger charge is -2.25. The van der Waals surface area contributed by atoms with E-state index in [2.05, 4.69) is 0 Å². The molecule has 2 aromatic carbocycles. The molecule has 1 heterocycles. The quantitative estimate of drug-likeness (QED) is 0.920. The van der Waals surface area contributed by atoms with Crippen molar-refractivity contribution in [3.05, 3.63) is 59.2 Å². The third kappa shape index (κ3) is 2.53. The number of fused-ring (bicyclic) bond motifs is 1. The van der Waals surface area contributed by atoms with Crippen LogP contribution in [0.5, 0.6) is 11.5 Å². The largest absolute Gasteiger partial charge is 0.493 e. The first kappa shape index (κ1) is 15.4. The summed E-state index contributed by atoms with van der Waals surface area (Å²) in [4.78, 5) is 14.3. The molecule has 1 N–H and O–H groups in total. The maximum atomic E-state index is 12.6. The van der Waals surface area contributed by atoms with Crippen molar-refractivity contribution in [2.45, 2.75) is 6.04 Å². The molecular formula is C18H19NO4. The summed E-state index contributed by atoms with van der Waals surface area (Å²) in [6.07, 6.45) is 0. The predicted molar refractivity (Wildman–Crippen MR) is 86.0 cm³/mol. The highest BCUT2D eigenvalue weighted by atomic mass is 16.5. The Hall–Kier alpha value is -2.53. The van der Waals surface area contributed by atoms with Crippen LogP contribution in [-0.4, -0.2) is 43.3 Å². The molecule has 1 unspecified atom stereocenters. The molecule has 0 aromatic heterocycles. The SMILES string of the molecule is COc1ccc(C2c3ccccc3C(=O)N2CCO)cc1OC. The van der Waals surface area contributed by atoms with Crippen LogP contribution in [0.2, 0.25) is 0 Å². The van der Waals surface area contributed by atoms with Crippen LogP contribution < -0.4 is 9.47 Å². The van der Waals surface area contributed by atoms with E-state index in [0.717, 1.165) is 11.1 Å². The zero-order chi connectivity index (χ0) is 16.4. The lowest BCUT2D eigenvalue weighted by molar-refractivity contribution is 0.0712. The summed E-state index contributed by atoms with van der Waals surface area (Å²) in [7, 11) is 3.17. The van der Waals surface area contributed by atoms with Gasteiger partial charge in [-0.15, -0.1) is 0 Å². The van der Waals surface area contributed by atoms with Crippen LogP contribution in [-0.2, 0) is 0 Å². The van der Waals surface area contributed by atoms with E-state index >= 15 is 0 Å². The van der Waals surface area contributed by atoms with Gasteiger partial charge in [0.1, 0.15) is 0 Å². The lowest BCUT2D eigenvalue weighted by atomic mass is 9.97. The maximum absolute atomic E-state index is 12.6. The maximum Gasteiger partial charge on any atom is 0.255 e. The number of carbonyl (C=O) groups excluding carboxylic acids is 1. The van der Waals surface area contributed by atoms with Crippen LogP contribution in [0.3, 0.4) is 0 Å². The van der Waals surface area contributed by atoms with Crippen LogP contribution in [0.1, 0.15) is 27.5 Å². The van der Waals surface area contributed by atoms with Gasteiger partial charge in [0.25, 0.3) is 5.91 Å². The van der Waals surface area contributed by atoms with Gasteiger partial charge < -0.3 is 19.5 Å². The number of hydrogen-bond donors (Lipinski definition) is 1. The highest BCUT2D eigenvalue weighted by Gasteiger charge is 2.37. The highest BCUT2D eigenvalue weighted by molar-refractivity contribution is 5.99. The molecule has 0 saturated heterocycles. The van der Waals surface area contributed by atoms with Crippen molar-refractivity contribution in [1.82, 2.24) is 4.90 Å². The Bertz CT molecular complexity index is 729. The smallest absolute Gasteiger partial charge is 0.255 e. The van der Waals surface area contributed by atoms with E-state index in [4.69, 9.17) is 9.47 Å². The molecule has 1 atom stereocenters. The van der Waals surface area contributed by atoms with Gasteiger partial charge in [0, 0.05) is 12.1 Å². The monoisotopic (exact) mass is 313 g/mol. The van der Waals surface area contributed by atoms with Crippen molar-refractivity contribution in [3.8, 4) is 11.5 Å². The van der Waals surface area contributed by atoms with Crippen LogP contribution in [0.25, 0.3) is 0 Å². The summed E-state index contributed by atoms with van der Waals surface area (Å²) in [5.74, 6) is 1.20. The summed E-state index contributed by atoms with van der Waals surface area (Å²) in [5, 5.41) is 9.33. The van der Waals surface area contributed by atoms with Gasteiger partial charge in [-0.3, -0.25) is 4.79 Å². The van der Waals surface area contributed by atoms with Gasteiger partial charge in [-0.1, -0.05) is 24.3 Å². The second kappa shape index (κ2) is 6.30. The molecule has 120 valence electrons. The Morgan fingerprint density at radius 3 is 2.52 bits per heavy atom. The van der Waals surface area contributed by atoms with Crippen molar-refractivity contribution in [1.29, 1.82) is 0 Å². The Labute approximate surface area is 135 Å². The number of nitrogens with zero attached hydrogens (tertiary/aromatic N) is 1. The minimum Gasteiger partial charge on any atom is -0.493 e. The first-order chi connectivity index (χ1) is 11.2. The average Bonchev–Trinajstić information content (AvgIpc) is 2.87. The lowest BCUT2D eigenvalue weighted by Crippen LogP contribution is -2.31. The zero-order valence-corrected chi connectivity index (χ0v) is 13.2. The van der Waals surface area contributed by atoms with Crippen LogP contribution in [0, 0.1) is 0 Å². The molecule has 0 bridgehead atoms. The molecule has 3 rings (SSSR count). The van der Waals surface area contributed by atoms with E-state index in [9.17, 15) is 9.90 Å². The molecule has 2 aromatic rings. The van der Waals surface area contributed by atoms with E-state index in [0.29, 0.717) is 17.1 Å². The first-order valence-corrected chi connectivity index (χ1v) is 7.44. The fourth-order valence-corrected chi connectivity index (χ4v) is 3.09. The number of hydrogen-bond acceptors (Lipinski definition) is 4. The van der Waals surface area contributed by atoms with E-state index in [-0.39, 0.29) is 25.1 Å². The summed E-state index contributed by atoms with van der Waals surface area (Å²) in [6, 6.07) is 12.9. The fourth-order valence-electron chi connectivity index (χ4n) is 3.09. The number of ether oxygens (including phenoxy) is 2. The number of amides is 1. The van der Waals surface area contributed by atoms with E-state index in [1.54, 1.807) is 19.1 Å². The molecule has 0 saturated carbocycles. The van der Waals surface area contributed by atoms with Crippen molar-refractivity contribution < 1.29 is 19.4 Å². The summed E-state index contributed by atoms with van der Waals surface area (Å²) in [5.41, 5.74) is 2.55. The number of rotatable bonds is 5. The number of aliphatic hydroxyl groups is 1. The van der Waals surface area contributed by atoms with E-state index in [1.807, 2.05) is 42.5 Å². The van der Waals surface area contributed by atoms with Crippen LogP contribution in [0.15, 0.2) is 42.5 Å². The molecule has 5 nitrogen and oxygen atoms in total. The summed E-state index contributed by atoms with van der Waals surface area (Å²) >= 11 is 0. The number of aliphatic hydroxyl groups excluding tert-OH is 1.